The van der Waals surface area contributed by atoms with Crippen LogP contribution in [0.2, 0.25) is 0 Å². The summed E-state index contributed by atoms with van der Waals surface area (Å²) in [5, 5.41) is 7.61. The van der Waals surface area contributed by atoms with Gasteiger partial charge in [-0.25, -0.2) is 9.07 Å². The average Bonchev–Trinajstić information content (AvgIpc) is 3.01. The van der Waals surface area contributed by atoms with Gasteiger partial charge in [0.25, 0.3) is 0 Å². The van der Waals surface area contributed by atoms with Gasteiger partial charge in [-0.1, -0.05) is 5.21 Å². The minimum absolute atomic E-state index is 0.0323. The van der Waals surface area contributed by atoms with Crippen LogP contribution in [0.25, 0.3) is 5.69 Å². The van der Waals surface area contributed by atoms with Crippen molar-refractivity contribution >= 4 is 12.7 Å². The van der Waals surface area contributed by atoms with Gasteiger partial charge in [0.1, 0.15) is 11.4 Å². The SMILES string of the molecule is [2H]c1c([2H])c(-n2nnc(B3OC(C)(C)C(C)(C)O3)c2[2H])c([2H])c([2H])c1F. The van der Waals surface area contributed by atoms with Crippen LogP contribution in [0, 0.1) is 5.82 Å². The number of aromatic nitrogens is 3. The lowest BCUT2D eigenvalue weighted by molar-refractivity contribution is 0.00578. The predicted octanol–water partition coefficient (Wildman–Crippen LogP) is 1.71. The van der Waals surface area contributed by atoms with E-state index in [0.29, 0.717) is 0 Å². The van der Waals surface area contributed by atoms with Gasteiger partial charge in [0.2, 0.25) is 0 Å². The van der Waals surface area contributed by atoms with Crippen molar-refractivity contribution in [3.8, 4) is 5.69 Å². The molecule has 1 aliphatic rings. The maximum absolute atomic E-state index is 13.7. The Morgan fingerprint density at radius 2 is 1.71 bits per heavy atom. The summed E-state index contributed by atoms with van der Waals surface area (Å²) in [4.78, 5) is 0. The van der Waals surface area contributed by atoms with Crippen LogP contribution in [0.3, 0.4) is 0 Å². The molecule has 0 bridgehead atoms. The number of benzene rings is 1. The second-order valence-electron chi connectivity index (χ2n) is 5.75. The van der Waals surface area contributed by atoms with Crippen molar-refractivity contribution in [3.63, 3.8) is 0 Å². The Balaban J connectivity index is 2.10. The van der Waals surface area contributed by atoms with Gasteiger partial charge in [0.05, 0.1) is 29.9 Å². The summed E-state index contributed by atoms with van der Waals surface area (Å²) in [6.07, 6.45) is -0.323. The topological polar surface area (TPSA) is 49.2 Å². The fourth-order valence-corrected chi connectivity index (χ4v) is 1.80. The molecule has 0 saturated carbocycles. The Hall–Kier alpha value is -1.73. The maximum Gasteiger partial charge on any atom is 0.518 e. The molecule has 1 aliphatic heterocycles. The lowest BCUT2D eigenvalue weighted by atomic mass is 9.86. The highest BCUT2D eigenvalue weighted by Gasteiger charge is 2.52. The largest absolute Gasteiger partial charge is 0.518 e. The van der Waals surface area contributed by atoms with Crippen molar-refractivity contribution in [1.82, 2.24) is 15.0 Å². The first-order valence-corrected chi connectivity index (χ1v) is 6.43. The Labute approximate surface area is 130 Å². The molecule has 1 aromatic heterocycles. The smallest absolute Gasteiger partial charge is 0.398 e. The van der Waals surface area contributed by atoms with Crippen molar-refractivity contribution in [1.29, 1.82) is 0 Å². The van der Waals surface area contributed by atoms with Gasteiger partial charge in [0.15, 0.2) is 0 Å². The maximum atomic E-state index is 13.7. The zero-order valence-corrected chi connectivity index (χ0v) is 12.1. The normalized spacial score (nSPS) is 23.3. The summed E-state index contributed by atoms with van der Waals surface area (Å²) in [6, 6.07) is -2.98. The van der Waals surface area contributed by atoms with Crippen LogP contribution in [0.1, 0.15) is 34.5 Å². The molecule has 0 radical (unpaired) electrons. The Morgan fingerprint density at radius 1 is 1.14 bits per heavy atom. The average molecular weight is 294 g/mol. The van der Waals surface area contributed by atoms with Gasteiger partial charge in [-0.3, -0.25) is 0 Å². The molecule has 0 spiro atoms. The third-order valence-corrected chi connectivity index (χ3v) is 3.73. The molecule has 0 aliphatic carbocycles. The molecule has 5 nitrogen and oxygen atoms in total. The minimum atomic E-state index is -1.26. The first-order valence-electron chi connectivity index (χ1n) is 8.93. The zero-order chi connectivity index (χ0) is 19.6. The first kappa shape index (κ1) is 9.32. The quantitative estimate of drug-likeness (QED) is 0.791. The molecular weight excluding hydrogens is 272 g/mol. The van der Waals surface area contributed by atoms with Gasteiger partial charge >= 0.3 is 7.12 Å². The molecule has 3 rings (SSSR count). The van der Waals surface area contributed by atoms with Crippen LogP contribution in [-0.2, 0) is 9.31 Å². The van der Waals surface area contributed by atoms with E-state index in [2.05, 4.69) is 10.3 Å². The molecule has 0 N–H and O–H groups in total. The van der Waals surface area contributed by atoms with E-state index < -0.39 is 48.3 Å². The monoisotopic (exact) mass is 294 g/mol. The van der Waals surface area contributed by atoms with E-state index in [1.807, 2.05) is 27.7 Å². The highest BCUT2D eigenvalue weighted by Crippen LogP contribution is 2.36. The van der Waals surface area contributed by atoms with E-state index in [4.69, 9.17) is 16.2 Å². The molecule has 0 amide bonds. The van der Waals surface area contributed by atoms with Gasteiger partial charge in [-0.05, 0) is 51.9 Å². The highest BCUT2D eigenvalue weighted by molar-refractivity contribution is 6.61. The third-order valence-electron chi connectivity index (χ3n) is 3.73. The lowest BCUT2D eigenvalue weighted by Crippen LogP contribution is -2.41. The van der Waals surface area contributed by atoms with Crippen LogP contribution < -0.4 is 5.59 Å². The lowest BCUT2D eigenvalue weighted by Gasteiger charge is -2.32. The van der Waals surface area contributed by atoms with Gasteiger partial charge in [-0.2, -0.15) is 0 Å². The van der Waals surface area contributed by atoms with Crippen LogP contribution in [0.5, 0.6) is 0 Å². The molecule has 110 valence electrons. The molecule has 7 heteroatoms. The van der Waals surface area contributed by atoms with Gasteiger partial charge in [0, 0.05) is 0 Å². The van der Waals surface area contributed by atoms with Crippen LogP contribution in [0.4, 0.5) is 4.39 Å². The second kappa shape index (κ2) is 4.64. The van der Waals surface area contributed by atoms with Gasteiger partial charge in [-0.15, -0.1) is 5.10 Å². The van der Waals surface area contributed by atoms with Crippen molar-refractivity contribution in [2.45, 2.75) is 38.9 Å². The Bertz CT molecular complexity index is 860. The summed E-state index contributed by atoms with van der Waals surface area (Å²) in [7, 11) is -0.976. The number of rotatable bonds is 2. The van der Waals surface area contributed by atoms with E-state index >= 15 is 0 Å². The standard InChI is InChI=1S/C14H17BFN3O2/c1-13(2)14(3,4)21-15(20-13)12-9-19(18-17-12)11-7-5-10(16)6-8-11/h5-9H,1-4H3/i5D,6D,7D,8D,9D. The summed E-state index contributed by atoms with van der Waals surface area (Å²) < 4.78 is 65.4. The van der Waals surface area contributed by atoms with E-state index in [-0.39, 0.29) is 17.5 Å². The number of nitrogens with zero attached hydrogens (tertiary/aromatic N) is 3. The Morgan fingerprint density at radius 3 is 2.29 bits per heavy atom. The molecular formula is C14H17BFN3O2. The molecule has 2 heterocycles. The molecule has 1 fully saturated rings. The van der Waals surface area contributed by atoms with Crippen molar-refractivity contribution in [2.75, 3.05) is 0 Å². The highest BCUT2D eigenvalue weighted by atomic mass is 19.1. The number of hydrogen-bond acceptors (Lipinski definition) is 4. The fourth-order valence-electron chi connectivity index (χ4n) is 1.80. The summed E-state index contributed by atoms with van der Waals surface area (Å²) in [6.45, 7) is 7.35. The van der Waals surface area contributed by atoms with Crippen molar-refractivity contribution < 1.29 is 20.6 Å². The number of hydrogen-bond donors (Lipinski definition) is 0. The van der Waals surface area contributed by atoms with Gasteiger partial charge < -0.3 is 9.31 Å². The Kier molecular flexibility index (Phi) is 2.06. The molecule has 0 unspecified atom stereocenters. The van der Waals surface area contributed by atoms with Crippen LogP contribution >= 0.6 is 0 Å². The summed E-state index contributed by atoms with van der Waals surface area (Å²) in [5.41, 5.74) is -1.65. The predicted molar refractivity (Wildman–Crippen MR) is 77.0 cm³/mol. The zero-order valence-electron chi connectivity index (χ0n) is 17.1. The van der Waals surface area contributed by atoms with E-state index in [1.54, 1.807) is 0 Å². The molecule has 2 aromatic rings. The second-order valence-corrected chi connectivity index (χ2v) is 5.75. The summed E-state index contributed by atoms with van der Waals surface area (Å²) >= 11 is 0. The first-order chi connectivity index (χ1) is 11.9. The molecule has 21 heavy (non-hydrogen) atoms. The van der Waals surface area contributed by atoms with E-state index in [0.717, 1.165) is 4.68 Å². The minimum Gasteiger partial charge on any atom is -0.398 e. The van der Waals surface area contributed by atoms with Crippen molar-refractivity contribution in [2.24, 2.45) is 0 Å². The fraction of sp³-hybridized carbons (Fsp3) is 0.429. The molecule has 1 aromatic carbocycles. The molecule has 0 atom stereocenters. The van der Waals surface area contributed by atoms with E-state index in [9.17, 15) is 4.39 Å². The molecule has 1 saturated heterocycles. The summed E-state index contributed by atoms with van der Waals surface area (Å²) in [5.74, 6) is -1.26. The third kappa shape index (κ3) is 2.47. The van der Waals surface area contributed by atoms with E-state index in [1.165, 1.54) is 0 Å². The number of halogens is 1. The van der Waals surface area contributed by atoms with Crippen molar-refractivity contribution in [3.05, 3.63) is 36.2 Å². The van der Waals surface area contributed by atoms with Crippen LogP contribution in [0.15, 0.2) is 30.3 Å². The van der Waals surface area contributed by atoms with Crippen LogP contribution in [-0.4, -0.2) is 33.3 Å².